The van der Waals surface area contributed by atoms with Crippen molar-refractivity contribution in [3.63, 3.8) is 0 Å². The van der Waals surface area contributed by atoms with Gasteiger partial charge in [-0.1, -0.05) is 12.1 Å². The van der Waals surface area contributed by atoms with E-state index in [1.165, 1.54) is 16.5 Å². The normalized spacial score (nSPS) is 30.2. The summed E-state index contributed by atoms with van der Waals surface area (Å²) in [5, 5.41) is 5.58. The molecule has 0 radical (unpaired) electrons. The van der Waals surface area contributed by atoms with Gasteiger partial charge in [0.05, 0.1) is 5.39 Å². The highest BCUT2D eigenvalue weighted by atomic mass is 79.9. The van der Waals surface area contributed by atoms with Crippen LogP contribution in [0.1, 0.15) is 55.3 Å². The van der Waals surface area contributed by atoms with E-state index in [1.54, 1.807) is 6.33 Å². The lowest BCUT2D eigenvalue weighted by molar-refractivity contribution is 0.389. The van der Waals surface area contributed by atoms with Crippen molar-refractivity contribution in [1.82, 2.24) is 24.8 Å². The molecular weight excluding hydrogens is 483 g/mol. The number of hydrogen-bond acceptors (Lipinski definition) is 4. The highest BCUT2D eigenvalue weighted by Gasteiger charge is 2.84. The number of anilines is 1. The summed E-state index contributed by atoms with van der Waals surface area (Å²) in [6, 6.07) is 9.40. The summed E-state index contributed by atoms with van der Waals surface area (Å²) in [5.41, 5.74) is 9.86. The van der Waals surface area contributed by atoms with Gasteiger partial charge in [-0.3, -0.25) is 0 Å². The summed E-state index contributed by atoms with van der Waals surface area (Å²) in [5.74, 6) is 1.03. The quantitative estimate of drug-likeness (QED) is 0.327. The molecule has 7 rings (SSSR count). The molecule has 3 aliphatic rings. The fourth-order valence-corrected chi connectivity index (χ4v) is 6.66. The zero-order valence-corrected chi connectivity index (χ0v) is 19.8. The van der Waals surface area contributed by atoms with Crippen LogP contribution in [0.2, 0.25) is 0 Å². The molecule has 3 saturated carbocycles. The number of rotatable bonds is 6. The molecule has 8 heteroatoms. The Hall–Kier alpha value is -2.45. The summed E-state index contributed by atoms with van der Waals surface area (Å²) < 4.78 is 17.0. The van der Waals surface area contributed by atoms with Crippen molar-refractivity contribution in [2.75, 3.05) is 12.3 Å². The van der Waals surface area contributed by atoms with Gasteiger partial charge in [0.25, 0.3) is 0 Å². The Morgan fingerprint density at radius 1 is 1.24 bits per heavy atom. The predicted molar refractivity (Wildman–Crippen MR) is 131 cm³/mol. The molecule has 0 aliphatic heterocycles. The largest absolute Gasteiger partial charge is 0.383 e. The Morgan fingerprint density at radius 2 is 2.09 bits per heavy atom. The third-order valence-corrected chi connectivity index (χ3v) is 8.88. The molecule has 4 N–H and O–H groups in total. The summed E-state index contributed by atoms with van der Waals surface area (Å²) >= 11 is 3.63. The van der Waals surface area contributed by atoms with Crippen molar-refractivity contribution < 1.29 is 4.39 Å². The molecule has 33 heavy (non-hydrogen) atoms. The maximum absolute atomic E-state index is 13.8. The Bertz CT molecular complexity index is 1400. The maximum atomic E-state index is 13.8. The Kier molecular flexibility index (Phi) is 4.11. The number of nitrogens with one attached hydrogen (secondary N) is 2. The van der Waals surface area contributed by atoms with Gasteiger partial charge in [0, 0.05) is 46.4 Å². The zero-order chi connectivity index (χ0) is 22.4. The smallest absolute Gasteiger partial charge is 0.146 e. The number of halogens is 2. The lowest BCUT2D eigenvalue weighted by atomic mass is 9.96. The maximum Gasteiger partial charge on any atom is 0.146 e. The Labute approximate surface area is 199 Å². The summed E-state index contributed by atoms with van der Waals surface area (Å²) in [6.45, 7) is 1.54. The van der Waals surface area contributed by atoms with Crippen molar-refractivity contribution >= 4 is 43.7 Å². The lowest BCUT2D eigenvalue weighted by Crippen LogP contribution is -2.19. The minimum Gasteiger partial charge on any atom is -0.383 e. The van der Waals surface area contributed by atoms with Gasteiger partial charge in [0.15, 0.2) is 0 Å². The van der Waals surface area contributed by atoms with Gasteiger partial charge < -0.3 is 20.6 Å². The molecule has 0 saturated heterocycles. The van der Waals surface area contributed by atoms with Gasteiger partial charge in [-0.05, 0) is 77.0 Å². The van der Waals surface area contributed by atoms with Crippen LogP contribution < -0.4 is 11.1 Å². The standard InChI is InChI=1S/C25H26BrFN6/c26-19-9-33(23-21(19)22(28)30-13-31-23)18-4-3-14(6-18)15-1-2-16-5-17(32-20(16)7-15)8-29-12-24-10-25(24,27)11-24/h1-2,5,7,9,13-14,18,29,32H,3-4,6,8,10-12H2,(H2,28,30,31). The molecule has 3 aliphatic carbocycles. The molecule has 0 amide bonds. The van der Waals surface area contributed by atoms with E-state index in [2.05, 4.69) is 71.2 Å². The number of aromatic amines is 1. The fraction of sp³-hybridized carbons (Fsp3) is 0.440. The molecular formula is C25H26BrFN6. The van der Waals surface area contributed by atoms with Crippen LogP contribution in [0.15, 0.2) is 41.3 Å². The molecule has 2 unspecified atom stereocenters. The van der Waals surface area contributed by atoms with Crippen molar-refractivity contribution in [1.29, 1.82) is 0 Å². The Balaban J connectivity index is 1.07. The molecule has 1 aromatic carbocycles. The highest BCUT2D eigenvalue weighted by molar-refractivity contribution is 9.10. The summed E-state index contributed by atoms with van der Waals surface area (Å²) in [4.78, 5) is 12.2. The van der Waals surface area contributed by atoms with Gasteiger partial charge in [-0.25, -0.2) is 14.4 Å². The summed E-state index contributed by atoms with van der Waals surface area (Å²) in [6.07, 6.45) is 8.49. The van der Waals surface area contributed by atoms with E-state index in [4.69, 9.17) is 5.73 Å². The van der Waals surface area contributed by atoms with E-state index in [1.807, 2.05) is 0 Å². The molecule has 3 heterocycles. The molecule has 0 bridgehead atoms. The number of nitrogens with two attached hydrogens (primary N) is 1. The second-order valence-electron chi connectivity index (χ2n) is 10.3. The minimum atomic E-state index is -0.822. The van der Waals surface area contributed by atoms with Crippen LogP contribution in [0.4, 0.5) is 10.2 Å². The zero-order valence-electron chi connectivity index (χ0n) is 18.2. The fourth-order valence-electron chi connectivity index (χ4n) is 6.06. The molecule has 3 aromatic heterocycles. The van der Waals surface area contributed by atoms with Crippen LogP contribution in [0.25, 0.3) is 21.9 Å². The monoisotopic (exact) mass is 508 g/mol. The van der Waals surface area contributed by atoms with Gasteiger partial charge in [0.1, 0.15) is 23.5 Å². The third kappa shape index (κ3) is 3.06. The van der Waals surface area contributed by atoms with Crippen LogP contribution in [0.5, 0.6) is 0 Å². The minimum absolute atomic E-state index is 0.0242. The van der Waals surface area contributed by atoms with Crippen molar-refractivity contribution in [2.24, 2.45) is 5.41 Å². The van der Waals surface area contributed by atoms with E-state index in [0.717, 1.165) is 66.4 Å². The molecule has 170 valence electrons. The second kappa shape index (κ2) is 6.79. The molecule has 3 fully saturated rings. The first-order chi connectivity index (χ1) is 15.9. The van der Waals surface area contributed by atoms with Crippen LogP contribution >= 0.6 is 15.9 Å². The second-order valence-corrected chi connectivity index (χ2v) is 11.2. The van der Waals surface area contributed by atoms with Gasteiger partial charge in [-0.15, -0.1) is 0 Å². The number of aromatic nitrogens is 4. The topological polar surface area (TPSA) is 84.5 Å². The van der Waals surface area contributed by atoms with Crippen LogP contribution in [-0.2, 0) is 6.54 Å². The molecule has 6 nitrogen and oxygen atoms in total. The van der Waals surface area contributed by atoms with Crippen LogP contribution in [0, 0.1) is 5.41 Å². The van der Waals surface area contributed by atoms with Crippen LogP contribution in [-0.4, -0.2) is 31.7 Å². The number of nitrogens with zero attached hydrogens (tertiary/aromatic N) is 3. The third-order valence-electron chi connectivity index (χ3n) is 8.28. The van der Waals surface area contributed by atoms with E-state index in [9.17, 15) is 4.39 Å². The number of fused-ring (bicyclic) bond motifs is 3. The average molecular weight is 509 g/mol. The summed E-state index contributed by atoms with van der Waals surface area (Å²) in [7, 11) is 0. The van der Waals surface area contributed by atoms with Gasteiger partial charge in [0.2, 0.25) is 0 Å². The molecule has 0 spiro atoms. The predicted octanol–water partition coefficient (Wildman–Crippen LogP) is 5.36. The lowest BCUT2D eigenvalue weighted by Gasteiger charge is -2.14. The number of nitrogen functional groups attached to an aromatic ring is 1. The van der Waals surface area contributed by atoms with Gasteiger partial charge in [-0.2, -0.15) is 0 Å². The first-order valence-electron chi connectivity index (χ1n) is 11.7. The number of H-pyrrole nitrogens is 1. The molecule has 4 aromatic rings. The van der Waals surface area contributed by atoms with Crippen molar-refractivity contribution in [3.05, 3.63) is 52.5 Å². The SMILES string of the molecule is Nc1ncnc2c1c(Br)cn2C1CCC(c2ccc3cc(CNCC45CC4(F)C5)[nH]c3c2)C1. The van der Waals surface area contributed by atoms with E-state index in [-0.39, 0.29) is 5.41 Å². The first-order valence-corrected chi connectivity index (χ1v) is 12.5. The molecule has 2 atom stereocenters. The number of benzene rings is 1. The highest BCUT2D eigenvalue weighted by Crippen LogP contribution is 2.80. The van der Waals surface area contributed by atoms with E-state index < -0.39 is 5.67 Å². The van der Waals surface area contributed by atoms with Crippen LogP contribution in [0.3, 0.4) is 0 Å². The average Bonchev–Trinajstić information content (AvgIpc) is 3.26. The number of hydrogen-bond donors (Lipinski definition) is 3. The van der Waals surface area contributed by atoms with Crippen molar-refractivity contribution in [3.8, 4) is 0 Å². The van der Waals surface area contributed by atoms with E-state index in [0.29, 0.717) is 17.8 Å². The van der Waals surface area contributed by atoms with Crippen molar-refractivity contribution in [2.45, 2.75) is 56.3 Å². The number of alkyl halides is 1. The first kappa shape index (κ1) is 20.0. The Morgan fingerprint density at radius 3 is 2.91 bits per heavy atom. The van der Waals surface area contributed by atoms with E-state index >= 15 is 0 Å². The van der Waals surface area contributed by atoms with Gasteiger partial charge >= 0.3 is 0 Å².